The number of benzene rings is 1. The SMILES string of the molecule is CC1CCC(OC(=O)c2ccccc2CC(N)=S)CC1. The molecule has 0 aliphatic heterocycles. The second-order valence-corrected chi connectivity index (χ2v) is 6.11. The molecule has 3 nitrogen and oxygen atoms in total. The molecule has 4 heteroatoms. The van der Waals surface area contributed by atoms with Crippen LogP contribution in [-0.4, -0.2) is 17.1 Å². The molecule has 2 N–H and O–H groups in total. The topological polar surface area (TPSA) is 52.3 Å². The number of rotatable bonds is 4. The van der Waals surface area contributed by atoms with Crippen LogP contribution in [0.2, 0.25) is 0 Å². The minimum atomic E-state index is -0.253. The Hall–Kier alpha value is -1.42. The molecule has 20 heavy (non-hydrogen) atoms. The Morgan fingerprint density at radius 3 is 2.60 bits per heavy atom. The van der Waals surface area contributed by atoms with Crippen LogP contribution < -0.4 is 5.73 Å². The number of hydrogen-bond acceptors (Lipinski definition) is 3. The minimum absolute atomic E-state index is 0.0524. The molecular formula is C16H21NO2S. The lowest BCUT2D eigenvalue weighted by Gasteiger charge is -2.26. The highest BCUT2D eigenvalue weighted by atomic mass is 32.1. The molecular weight excluding hydrogens is 270 g/mol. The average molecular weight is 291 g/mol. The van der Waals surface area contributed by atoms with E-state index >= 15 is 0 Å². The number of carbonyl (C=O) groups excluding carboxylic acids is 1. The van der Waals surface area contributed by atoms with Crippen LogP contribution in [0.15, 0.2) is 24.3 Å². The van der Waals surface area contributed by atoms with E-state index in [0.717, 1.165) is 37.2 Å². The van der Waals surface area contributed by atoms with Crippen molar-refractivity contribution in [1.29, 1.82) is 0 Å². The van der Waals surface area contributed by atoms with Crippen LogP contribution in [-0.2, 0) is 11.2 Å². The van der Waals surface area contributed by atoms with Crippen molar-refractivity contribution in [2.45, 2.75) is 45.1 Å². The van der Waals surface area contributed by atoms with Crippen molar-refractivity contribution in [3.8, 4) is 0 Å². The first-order valence-electron chi connectivity index (χ1n) is 7.13. The van der Waals surface area contributed by atoms with E-state index in [9.17, 15) is 4.79 Å². The third kappa shape index (κ3) is 4.04. The summed E-state index contributed by atoms with van der Waals surface area (Å²) >= 11 is 4.92. The number of nitrogens with two attached hydrogens (primary N) is 1. The van der Waals surface area contributed by atoms with Gasteiger partial charge in [0.15, 0.2) is 0 Å². The lowest BCUT2D eigenvalue weighted by Crippen LogP contribution is -2.24. The lowest BCUT2D eigenvalue weighted by molar-refractivity contribution is 0.0173. The quantitative estimate of drug-likeness (QED) is 0.683. The summed E-state index contributed by atoms with van der Waals surface area (Å²) < 4.78 is 5.62. The molecule has 1 aliphatic rings. The molecule has 0 heterocycles. The van der Waals surface area contributed by atoms with Crippen molar-refractivity contribution in [2.75, 3.05) is 0 Å². The maximum atomic E-state index is 12.3. The molecule has 1 aliphatic carbocycles. The zero-order valence-electron chi connectivity index (χ0n) is 11.8. The van der Waals surface area contributed by atoms with Gasteiger partial charge < -0.3 is 10.5 Å². The van der Waals surface area contributed by atoms with Gasteiger partial charge in [-0.1, -0.05) is 37.3 Å². The molecule has 1 fully saturated rings. The zero-order chi connectivity index (χ0) is 14.5. The molecule has 108 valence electrons. The molecule has 1 saturated carbocycles. The van der Waals surface area contributed by atoms with Gasteiger partial charge in [-0.15, -0.1) is 0 Å². The first-order chi connectivity index (χ1) is 9.56. The van der Waals surface area contributed by atoms with Crippen molar-refractivity contribution in [2.24, 2.45) is 11.7 Å². The second-order valence-electron chi connectivity index (χ2n) is 5.59. The number of ether oxygens (including phenoxy) is 1. The zero-order valence-corrected chi connectivity index (χ0v) is 12.6. The van der Waals surface area contributed by atoms with Gasteiger partial charge in [0.25, 0.3) is 0 Å². The Morgan fingerprint density at radius 1 is 1.30 bits per heavy atom. The molecule has 2 rings (SSSR count). The summed E-state index contributed by atoms with van der Waals surface area (Å²) in [6.07, 6.45) is 4.67. The van der Waals surface area contributed by atoms with Gasteiger partial charge in [0.05, 0.1) is 10.6 Å². The van der Waals surface area contributed by atoms with Gasteiger partial charge in [-0.05, 0) is 43.2 Å². The van der Waals surface area contributed by atoms with Crippen LogP contribution in [0.4, 0.5) is 0 Å². The smallest absolute Gasteiger partial charge is 0.338 e. The molecule has 1 aromatic rings. The van der Waals surface area contributed by atoms with Crippen LogP contribution in [0.1, 0.15) is 48.5 Å². The second kappa shape index (κ2) is 6.84. The molecule has 0 aromatic heterocycles. The Balaban J connectivity index is 2.03. The molecule has 0 spiro atoms. The number of esters is 1. The first kappa shape index (κ1) is 15.0. The van der Waals surface area contributed by atoms with Crippen molar-refractivity contribution in [1.82, 2.24) is 0 Å². The van der Waals surface area contributed by atoms with Gasteiger partial charge in [0.1, 0.15) is 6.10 Å². The highest BCUT2D eigenvalue weighted by Gasteiger charge is 2.23. The first-order valence-corrected chi connectivity index (χ1v) is 7.54. The van der Waals surface area contributed by atoms with Gasteiger partial charge in [-0.3, -0.25) is 0 Å². The van der Waals surface area contributed by atoms with Crippen molar-refractivity contribution in [3.05, 3.63) is 35.4 Å². The fourth-order valence-electron chi connectivity index (χ4n) is 2.62. The summed E-state index contributed by atoms with van der Waals surface area (Å²) in [5, 5.41) is 0. The van der Waals surface area contributed by atoms with Crippen LogP contribution in [0.5, 0.6) is 0 Å². The number of hydrogen-bond donors (Lipinski definition) is 1. The summed E-state index contributed by atoms with van der Waals surface area (Å²) in [5.41, 5.74) is 7.00. The Kier molecular flexibility index (Phi) is 5.12. The summed E-state index contributed by atoms with van der Waals surface area (Å²) in [6, 6.07) is 7.37. The fourth-order valence-corrected chi connectivity index (χ4v) is 2.78. The third-order valence-corrected chi connectivity index (χ3v) is 3.98. The molecule has 0 atom stereocenters. The predicted octanol–water partition coefficient (Wildman–Crippen LogP) is 3.25. The maximum absolute atomic E-state index is 12.3. The van der Waals surface area contributed by atoms with Crippen LogP contribution in [0.3, 0.4) is 0 Å². The molecule has 0 unspecified atom stereocenters. The lowest BCUT2D eigenvalue weighted by atomic mass is 9.89. The number of carbonyl (C=O) groups is 1. The Morgan fingerprint density at radius 2 is 1.95 bits per heavy atom. The van der Waals surface area contributed by atoms with Gasteiger partial charge in [0.2, 0.25) is 0 Å². The highest BCUT2D eigenvalue weighted by Crippen LogP contribution is 2.26. The van der Waals surface area contributed by atoms with E-state index in [1.165, 1.54) is 0 Å². The summed E-state index contributed by atoms with van der Waals surface area (Å²) in [5.74, 6) is 0.489. The Bertz CT molecular complexity index is 493. The van der Waals surface area contributed by atoms with E-state index in [2.05, 4.69) is 6.92 Å². The van der Waals surface area contributed by atoms with Gasteiger partial charge in [0, 0.05) is 6.42 Å². The monoisotopic (exact) mass is 291 g/mol. The van der Waals surface area contributed by atoms with Crippen molar-refractivity contribution < 1.29 is 9.53 Å². The van der Waals surface area contributed by atoms with Crippen LogP contribution >= 0.6 is 12.2 Å². The van der Waals surface area contributed by atoms with Gasteiger partial charge in [-0.2, -0.15) is 0 Å². The van der Waals surface area contributed by atoms with E-state index in [-0.39, 0.29) is 12.1 Å². The molecule has 0 radical (unpaired) electrons. The van der Waals surface area contributed by atoms with Gasteiger partial charge >= 0.3 is 5.97 Å². The molecule has 0 amide bonds. The molecule has 0 saturated heterocycles. The van der Waals surface area contributed by atoms with Gasteiger partial charge in [-0.25, -0.2) is 4.79 Å². The fraction of sp³-hybridized carbons (Fsp3) is 0.500. The van der Waals surface area contributed by atoms with E-state index in [1.54, 1.807) is 6.07 Å². The normalized spacial score (nSPS) is 22.2. The third-order valence-electron chi connectivity index (χ3n) is 3.84. The van der Waals surface area contributed by atoms with E-state index in [0.29, 0.717) is 17.0 Å². The summed E-state index contributed by atoms with van der Waals surface area (Å²) in [4.78, 5) is 12.7. The number of thiocarbonyl (C=S) groups is 1. The van der Waals surface area contributed by atoms with Crippen LogP contribution in [0, 0.1) is 5.92 Å². The standard InChI is InChI=1S/C16H21NO2S/c1-11-6-8-13(9-7-11)19-16(18)14-5-3-2-4-12(14)10-15(17)20/h2-5,11,13H,6-10H2,1H3,(H2,17,20). The predicted molar refractivity (Wildman–Crippen MR) is 83.8 cm³/mol. The maximum Gasteiger partial charge on any atom is 0.338 e. The van der Waals surface area contributed by atoms with E-state index < -0.39 is 0 Å². The Labute approximate surface area is 125 Å². The van der Waals surface area contributed by atoms with E-state index in [1.807, 2.05) is 18.2 Å². The van der Waals surface area contributed by atoms with Crippen molar-refractivity contribution >= 4 is 23.2 Å². The average Bonchev–Trinajstić information content (AvgIpc) is 2.41. The largest absolute Gasteiger partial charge is 0.459 e. The summed E-state index contributed by atoms with van der Waals surface area (Å²) in [6.45, 7) is 2.25. The van der Waals surface area contributed by atoms with Crippen molar-refractivity contribution in [3.63, 3.8) is 0 Å². The molecule has 0 bridgehead atoms. The molecule has 1 aromatic carbocycles. The summed E-state index contributed by atoms with van der Waals surface area (Å²) in [7, 11) is 0. The minimum Gasteiger partial charge on any atom is -0.459 e. The van der Waals surface area contributed by atoms with Crippen LogP contribution in [0.25, 0.3) is 0 Å². The van der Waals surface area contributed by atoms with E-state index in [4.69, 9.17) is 22.7 Å². The highest BCUT2D eigenvalue weighted by molar-refractivity contribution is 7.80.